The highest BCUT2D eigenvalue weighted by atomic mass is 19.3. The van der Waals surface area contributed by atoms with Crippen LogP contribution in [-0.2, 0) is 16.0 Å². The first-order valence-corrected chi connectivity index (χ1v) is 7.83. The minimum atomic E-state index is -3.43. The van der Waals surface area contributed by atoms with Gasteiger partial charge in [-0.2, -0.15) is 4.39 Å². The van der Waals surface area contributed by atoms with Crippen LogP contribution in [0.2, 0.25) is 0 Å². The maximum Gasteiger partial charge on any atom is 0.372 e. The van der Waals surface area contributed by atoms with E-state index < -0.39 is 42.5 Å². The lowest BCUT2D eigenvalue weighted by atomic mass is 9.98. The molecule has 0 radical (unpaired) electrons. The number of halogens is 3. The van der Waals surface area contributed by atoms with Gasteiger partial charge in [-0.25, -0.2) is 13.6 Å². The molecule has 0 bridgehead atoms. The lowest BCUT2D eigenvalue weighted by molar-refractivity contribution is -0.148. The van der Waals surface area contributed by atoms with Crippen molar-refractivity contribution in [1.82, 2.24) is 0 Å². The Labute approximate surface area is 152 Å². The van der Waals surface area contributed by atoms with Crippen LogP contribution in [0.5, 0.6) is 5.75 Å². The molecular weight excluding hydrogens is 365 g/mol. The van der Waals surface area contributed by atoms with E-state index in [0.717, 1.165) is 11.6 Å². The first-order chi connectivity index (χ1) is 12.8. The zero-order valence-corrected chi connectivity index (χ0v) is 13.9. The summed E-state index contributed by atoms with van der Waals surface area (Å²) in [6.07, 6.45) is -7.02. The fraction of sp³-hybridized carbons (Fsp3) is 0.211. The Morgan fingerprint density at radius 3 is 2.22 bits per heavy atom. The van der Waals surface area contributed by atoms with E-state index in [9.17, 15) is 27.6 Å². The molecule has 0 spiro atoms. The zero-order chi connectivity index (χ0) is 20.0. The van der Waals surface area contributed by atoms with Crippen molar-refractivity contribution in [3.05, 3.63) is 65.2 Å². The van der Waals surface area contributed by atoms with Gasteiger partial charge in [0, 0.05) is 0 Å². The number of ketones is 2. The lowest BCUT2D eigenvalue weighted by Crippen LogP contribution is -2.22. The van der Waals surface area contributed by atoms with E-state index in [-0.39, 0.29) is 5.56 Å². The Balaban J connectivity index is 2.34. The monoisotopic (exact) mass is 380 g/mol. The summed E-state index contributed by atoms with van der Waals surface area (Å²) in [6, 6.07) is 13.0. The molecule has 2 aromatic rings. The van der Waals surface area contributed by atoms with Crippen molar-refractivity contribution < 1.29 is 37.4 Å². The summed E-state index contributed by atoms with van der Waals surface area (Å²) in [5.41, 5.74) is 1.13. The molecular formula is C19H15F3O5. The molecule has 8 heteroatoms. The third-order valence-electron chi connectivity index (χ3n) is 3.59. The zero-order valence-electron chi connectivity index (χ0n) is 13.9. The predicted octanol–water partition coefficient (Wildman–Crippen LogP) is 3.44. The molecule has 0 aliphatic heterocycles. The second-order valence-corrected chi connectivity index (χ2v) is 5.62. The number of carboxylic acid groups (broad SMARTS) is 1. The summed E-state index contributed by atoms with van der Waals surface area (Å²) < 4.78 is 42.6. The average Bonchev–Trinajstić information content (AvgIpc) is 2.63. The van der Waals surface area contributed by atoms with Crippen molar-refractivity contribution >= 4 is 17.5 Å². The fourth-order valence-electron chi connectivity index (χ4n) is 2.33. The van der Waals surface area contributed by atoms with E-state index in [1.807, 2.05) is 18.2 Å². The predicted molar refractivity (Wildman–Crippen MR) is 88.8 cm³/mol. The largest absolute Gasteiger partial charge is 0.475 e. The van der Waals surface area contributed by atoms with E-state index in [4.69, 9.17) is 5.11 Å². The van der Waals surface area contributed by atoms with Crippen LogP contribution in [0.3, 0.4) is 0 Å². The van der Waals surface area contributed by atoms with Gasteiger partial charge in [0.25, 0.3) is 6.36 Å². The van der Waals surface area contributed by atoms with Crippen LogP contribution in [0.4, 0.5) is 13.2 Å². The molecule has 142 valence electrons. The molecule has 2 aromatic carbocycles. The average molecular weight is 380 g/mol. The Morgan fingerprint density at radius 1 is 0.963 bits per heavy atom. The van der Waals surface area contributed by atoms with Crippen molar-refractivity contribution in [2.24, 2.45) is 0 Å². The maximum absolute atomic E-state index is 13.2. The third kappa shape index (κ3) is 5.67. The van der Waals surface area contributed by atoms with Crippen LogP contribution in [0.15, 0.2) is 48.5 Å². The van der Waals surface area contributed by atoms with Gasteiger partial charge in [0.2, 0.25) is 5.78 Å². The molecule has 5 nitrogen and oxygen atoms in total. The smallest absolute Gasteiger partial charge is 0.372 e. The fourth-order valence-corrected chi connectivity index (χ4v) is 2.33. The number of alkyl halides is 3. The maximum atomic E-state index is 13.2. The molecule has 1 N–H and O–H groups in total. The number of benzene rings is 2. The highest BCUT2D eigenvalue weighted by Gasteiger charge is 2.26. The molecule has 2 rings (SSSR count). The standard InChI is InChI=1S/C19H15F3O5/c20-17(21)18(22)27-16-7-6-12(8-11-4-2-1-3-5-11)9-13(16)14(23)10-15(24)19(25)26/h1-7,9,17-18H,8,10H2,(H,25,26). The van der Waals surface area contributed by atoms with Gasteiger partial charge in [-0.1, -0.05) is 36.4 Å². The molecule has 1 atom stereocenters. The first-order valence-electron chi connectivity index (χ1n) is 7.83. The van der Waals surface area contributed by atoms with Crippen molar-refractivity contribution in [1.29, 1.82) is 0 Å². The molecule has 0 saturated heterocycles. The molecule has 1 unspecified atom stereocenters. The van der Waals surface area contributed by atoms with Gasteiger partial charge < -0.3 is 9.84 Å². The number of hydrogen-bond donors (Lipinski definition) is 1. The van der Waals surface area contributed by atoms with E-state index in [2.05, 4.69) is 4.74 Å². The minimum absolute atomic E-state index is 0.332. The highest BCUT2D eigenvalue weighted by Crippen LogP contribution is 2.26. The van der Waals surface area contributed by atoms with Crippen LogP contribution >= 0.6 is 0 Å². The number of carbonyl (C=O) groups is 3. The topological polar surface area (TPSA) is 80.7 Å². The third-order valence-corrected chi connectivity index (χ3v) is 3.59. The summed E-state index contributed by atoms with van der Waals surface area (Å²) in [5, 5.41) is 8.62. The van der Waals surface area contributed by atoms with Crippen LogP contribution in [0.1, 0.15) is 27.9 Å². The summed E-state index contributed by atoms with van der Waals surface area (Å²) in [7, 11) is 0. The molecule has 0 aliphatic carbocycles. The summed E-state index contributed by atoms with van der Waals surface area (Å²) in [6.45, 7) is 0. The number of ether oxygens (including phenoxy) is 1. The second kappa shape index (κ2) is 8.98. The van der Waals surface area contributed by atoms with Gasteiger partial charge >= 0.3 is 12.4 Å². The van der Waals surface area contributed by atoms with Crippen molar-refractivity contribution in [2.45, 2.75) is 25.6 Å². The van der Waals surface area contributed by atoms with Crippen molar-refractivity contribution in [3.8, 4) is 5.75 Å². The molecule has 0 amide bonds. The minimum Gasteiger partial charge on any atom is -0.475 e. The SMILES string of the molecule is O=C(O)C(=O)CC(=O)c1cc(Cc2ccccc2)ccc1OC(F)C(F)F. The quantitative estimate of drug-likeness (QED) is 0.409. The number of hydrogen-bond acceptors (Lipinski definition) is 4. The van der Waals surface area contributed by atoms with Crippen molar-refractivity contribution in [3.63, 3.8) is 0 Å². The number of carbonyl (C=O) groups excluding carboxylic acids is 2. The molecule has 0 fully saturated rings. The van der Waals surface area contributed by atoms with Crippen molar-refractivity contribution in [2.75, 3.05) is 0 Å². The summed E-state index contributed by atoms with van der Waals surface area (Å²) in [5.74, 6) is -4.62. The van der Waals surface area contributed by atoms with Crippen LogP contribution in [-0.4, -0.2) is 35.4 Å². The van der Waals surface area contributed by atoms with Gasteiger partial charge in [-0.05, 0) is 29.7 Å². The second-order valence-electron chi connectivity index (χ2n) is 5.62. The summed E-state index contributed by atoms with van der Waals surface area (Å²) >= 11 is 0. The first kappa shape index (κ1) is 20.2. The lowest BCUT2D eigenvalue weighted by Gasteiger charge is -2.15. The molecule has 27 heavy (non-hydrogen) atoms. The highest BCUT2D eigenvalue weighted by molar-refractivity contribution is 6.37. The summed E-state index contributed by atoms with van der Waals surface area (Å²) in [4.78, 5) is 34.2. The Kier molecular flexibility index (Phi) is 6.70. The van der Waals surface area contributed by atoms with Gasteiger partial charge in [0.15, 0.2) is 5.78 Å². The van der Waals surface area contributed by atoms with Crippen LogP contribution in [0.25, 0.3) is 0 Å². The van der Waals surface area contributed by atoms with Gasteiger partial charge in [0.1, 0.15) is 5.75 Å². The normalized spacial score (nSPS) is 11.9. The van der Waals surface area contributed by atoms with Crippen LogP contribution < -0.4 is 4.74 Å². The van der Waals surface area contributed by atoms with Crippen LogP contribution in [0, 0.1) is 0 Å². The van der Waals surface area contributed by atoms with E-state index >= 15 is 0 Å². The Morgan fingerprint density at radius 2 is 1.63 bits per heavy atom. The number of aliphatic carboxylic acids is 1. The Hall–Kier alpha value is -3.16. The molecule has 0 aliphatic rings. The van der Waals surface area contributed by atoms with E-state index in [0.29, 0.717) is 12.0 Å². The molecule has 0 saturated carbocycles. The number of rotatable bonds is 9. The Bertz CT molecular complexity index is 836. The van der Waals surface area contributed by atoms with E-state index in [1.165, 1.54) is 12.1 Å². The molecule has 0 aromatic heterocycles. The number of carboxylic acids is 1. The van der Waals surface area contributed by atoms with Gasteiger partial charge in [-0.15, -0.1) is 0 Å². The van der Waals surface area contributed by atoms with E-state index in [1.54, 1.807) is 12.1 Å². The molecule has 0 heterocycles. The van der Waals surface area contributed by atoms with Gasteiger partial charge in [0.05, 0.1) is 12.0 Å². The number of Topliss-reactive ketones (excluding diaryl/α,β-unsaturated/α-hetero) is 2. The van der Waals surface area contributed by atoms with Gasteiger partial charge in [-0.3, -0.25) is 9.59 Å².